The van der Waals surface area contributed by atoms with Crippen molar-refractivity contribution in [2.24, 2.45) is 0 Å². The van der Waals surface area contributed by atoms with Gasteiger partial charge in [-0.05, 0) is 23.5 Å². The average Bonchev–Trinajstić information content (AvgIpc) is 3.03. The van der Waals surface area contributed by atoms with Gasteiger partial charge in [-0.1, -0.05) is 128 Å². The van der Waals surface area contributed by atoms with Crippen molar-refractivity contribution in [1.29, 1.82) is 0 Å². The SMILES string of the molecule is CCCCCCCCC1(CCCCCCCC)c2c[c-]ccc2-c2ccc(C)cc21.[CH3-].[Y]. The van der Waals surface area contributed by atoms with Crippen LogP contribution >= 0.6 is 0 Å². The number of aryl methyl sites for hydroxylation is 1. The Hall–Kier alpha value is -0.456. The minimum atomic E-state index is 0. The molecule has 0 saturated carbocycles. The van der Waals surface area contributed by atoms with Crippen LogP contribution in [0.15, 0.2) is 36.4 Å². The van der Waals surface area contributed by atoms with Crippen LogP contribution in [-0.2, 0) is 38.1 Å². The van der Waals surface area contributed by atoms with Crippen molar-refractivity contribution in [3.63, 3.8) is 0 Å². The predicted octanol–water partition coefficient (Wildman–Crippen LogP) is 10.0. The summed E-state index contributed by atoms with van der Waals surface area (Å²) >= 11 is 0. The molecule has 0 heterocycles. The molecule has 3 rings (SSSR count). The number of hydrogen-bond donors (Lipinski definition) is 0. The summed E-state index contributed by atoms with van der Waals surface area (Å²) in [4.78, 5) is 0. The Morgan fingerprint density at radius 3 is 1.81 bits per heavy atom. The second kappa shape index (κ2) is 15.4. The van der Waals surface area contributed by atoms with Crippen LogP contribution in [0.25, 0.3) is 11.1 Å². The van der Waals surface area contributed by atoms with E-state index in [-0.39, 0.29) is 45.6 Å². The maximum absolute atomic E-state index is 3.43. The molecule has 0 nitrogen and oxygen atoms in total. The predicted molar refractivity (Wildman–Crippen MR) is 139 cm³/mol. The standard InChI is InChI=1S/C30H43.CH3.Y/c1-4-6-8-10-12-16-22-30(23-17-13-11-9-7-5-2)28-19-15-14-18-26(28)27-21-20-25(3)24-29(27)30;;/h14,18-21,24H,4-13,16-17,22-23H2,1-3H3;1H3;/q2*-1;. The van der Waals surface area contributed by atoms with E-state index in [0.29, 0.717) is 0 Å². The zero-order valence-corrected chi connectivity index (χ0v) is 24.3. The number of benzene rings is 2. The fourth-order valence-corrected chi connectivity index (χ4v) is 5.57. The van der Waals surface area contributed by atoms with Gasteiger partial charge in [-0.25, -0.2) is 0 Å². The topological polar surface area (TPSA) is 0 Å². The van der Waals surface area contributed by atoms with Gasteiger partial charge in [0.15, 0.2) is 0 Å². The second-order valence-corrected chi connectivity index (χ2v) is 9.64. The summed E-state index contributed by atoms with van der Waals surface area (Å²) in [7, 11) is 0. The van der Waals surface area contributed by atoms with Crippen LogP contribution in [-0.4, -0.2) is 0 Å². The van der Waals surface area contributed by atoms with Gasteiger partial charge in [-0.3, -0.25) is 0 Å². The number of unbranched alkanes of at least 4 members (excludes halogenated alkanes) is 10. The van der Waals surface area contributed by atoms with Gasteiger partial charge in [0, 0.05) is 32.7 Å². The van der Waals surface area contributed by atoms with Gasteiger partial charge in [-0.15, -0.1) is 11.1 Å². The van der Waals surface area contributed by atoms with Crippen molar-refractivity contribution < 1.29 is 32.7 Å². The molecule has 0 atom stereocenters. The van der Waals surface area contributed by atoms with E-state index in [2.05, 4.69) is 63.2 Å². The van der Waals surface area contributed by atoms with Crippen molar-refractivity contribution in [3.05, 3.63) is 66.6 Å². The first-order chi connectivity index (χ1) is 14.7. The van der Waals surface area contributed by atoms with Crippen LogP contribution < -0.4 is 0 Å². The zero-order chi connectivity index (χ0) is 21.2. The molecule has 1 heteroatoms. The van der Waals surface area contributed by atoms with E-state index >= 15 is 0 Å². The van der Waals surface area contributed by atoms with E-state index in [1.165, 1.54) is 107 Å². The molecule has 2 aromatic rings. The molecule has 32 heavy (non-hydrogen) atoms. The third kappa shape index (κ3) is 7.27. The van der Waals surface area contributed by atoms with E-state index in [1.807, 2.05) is 0 Å². The Labute approximate surface area is 225 Å². The van der Waals surface area contributed by atoms with Crippen LogP contribution in [0.3, 0.4) is 0 Å². The molecule has 0 aliphatic heterocycles. The number of fused-ring (bicyclic) bond motifs is 3. The molecule has 0 amide bonds. The largest absolute Gasteiger partial charge is 0.358 e. The molecule has 0 aromatic heterocycles. The summed E-state index contributed by atoms with van der Waals surface area (Å²) in [6.07, 6.45) is 19.1. The molecule has 0 fully saturated rings. The smallest absolute Gasteiger partial charge is 0 e. The Kier molecular flexibility index (Phi) is 14.3. The van der Waals surface area contributed by atoms with Crippen molar-refractivity contribution in [2.45, 2.75) is 116 Å². The van der Waals surface area contributed by atoms with Gasteiger partial charge in [-0.2, -0.15) is 24.3 Å². The molecule has 0 bridgehead atoms. The van der Waals surface area contributed by atoms with Crippen LogP contribution in [0.1, 0.15) is 120 Å². The van der Waals surface area contributed by atoms with Crippen molar-refractivity contribution >= 4 is 0 Å². The van der Waals surface area contributed by atoms with Crippen LogP contribution in [0, 0.1) is 20.4 Å². The Balaban J connectivity index is 0.00000256. The summed E-state index contributed by atoms with van der Waals surface area (Å²) in [5.74, 6) is 0. The molecule has 0 saturated heterocycles. The Bertz CT molecular complexity index is 760. The summed E-state index contributed by atoms with van der Waals surface area (Å²) in [6, 6.07) is 17.4. The van der Waals surface area contributed by atoms with Crippen molar-refractivity contribution in [3.8, 4) is 11.1 Å². The monoisotopic (exact) mass is 507 g/mol. The van der Waals surface area contributed by atoms with E-state index in [4.69, 9.17) is 0 Å². The molecule has 1 radical (unpaired) electrons. The molecule has 0 N–H and O–H groups in total. The molecule has 0 spiro atoms. The Morgan fingerprint density at radius 2 is 1.22 bits per heavy atom. The first-order valence-electron chi connectivity index (χ1n) is 12.8. The molecule has 175 valence electrons. The fourth-order valence-electron chi connectivity index (χ4n) is 5.57. The third-order valence-corrected chi connectivity index (χ3v) is 7.27. The van der Waals surface area contributed by atoms with Gasteiger partial charge >= 0.3 is 0 Å². The molecular weight excluding hydrogens is 461 g/mol. The quantitative estimate of drug-likeness (QED) is 0.176. The van der Waals surface area contributed by atoms with E-state index in [0.717, 1.165) is 0 Å². The van der Waals surface area contributed by atoms with E-state index in [1.54, 1.807) is 11.1 Å². The van der Waals surface area contributed by atoms with Crippen molar-refractivity contribution in [2.75, 3.05) is 0 Å². The number of hydrogen-bond acceptors (Lipinski definition) is 0. The van der Waals surface area contributed by atoms with Gasteiger partial charge in [0.05, 0.1) is 0 Å². The van der Waals surface area contributed by atoms with Crippen LogP contribution in [0.5, 0.6) is 0 Å². The molecular formula is C31H46Y-2. The third-order valence-electron chi connectivity index (χ3n) is 7.27. The first kappa shape index (κ1) is 29.6. The van der Waals surface area contributed by atoms with Crippen molar-refractivity contribution in [1.82, 2.24) is 0 Å². The molecule has 1 aliphatic carbocycles. The fraction of sp³-hybridized carbons (Fsp3) is 0.581. The molecule has 0 unspecified atom stereocenters. The van der Waals surface area contributed by atoms with Gasteiger partial charge < -0.3 is 7.43 Å². The van der Waals surface area contributed by atoms with Crippen LogP contribution in [0.2, 0.25) is 0 Å². The second-order valence-electron chi connectivity index (χ2n) is 9.64. The maximum Gasteiger partial charge on any atom is 0 e. The summed E-state index contributed by atoms with van der Waals surface area (Å²) in [6.45, 7) is 6.87. The number of rotatable bonds is 14. The first-order valence-corrected chi connectivity index (χ1v) is 12.8. The van der Waals surface area contributed by atoms with E-state index < -0.39 is 0 Å². The molecule has 2 aromatic carbocycles. The summed E-state index contributed by atoms with van der Waals surface area (Å²) in [5.41, 5.74) is 7.75. The summed E-state index contributed by atoms with van der Waals surface area (Å²) in [5, 5.41) is 0. The minimum Gasteiger partial charge on any atom is -0.358 e. The van der Waals surface area contributed by atoms with Gasteiger partial charge in [0.25, 0.3) is 0 Å². The Morgan fingerprint density at radius 1 is 0.688 bits per heavy atom. The maximum atomic E-state index is 3.43. The minimum absolute atomic E-state index is 0. The molecule has 1 aliphatic rings. The van der Waals surface area contributed by atoms with E-state index in [9.17, 15) is 0 Å². The van der Waals surface area contributed by atoms with Gasteiger partial charge in [0.2, 0.25) is 0 Å². The average molecular weight is 508 g/mol. The van der Waals surface area contributed by atoms with Gasteiger partial charge in [0.1, 0.15) is 0 Å². The summed E-state index contributed by atoms with van der Waals surface area (Å²) < 4.78 is 0. The normalized spacial score (nSPS) is 13.1. The van der Waals surface area contributed by atoms with Crippen LogP contribution in [0.4, 0.5) is 0 Å². The zero-order valence-electron chi connectivity index (χ0n) is 21.4.